The van der Waals surface area contributed by atoms with Crippen molar-refractivity contribution in [1.82, 2.24) is 0 Å². The molecular weight excluding hydrogens is 309 g/mol. The number of ether oxygens (including phenoxy) is 1. The van der Waals surface area contributed by atoms with Crippen molar-refractivity contribution in [2.75, 3.05) is 12.4 Å². The van der Waals surface area contributed by atoms with Gasteiger partial charge in [0, 0.05) is 12.2 Å². The highest BCUT2D eigenvalue weighted by Crippen LogP contribution is 2.26. The van der Waals surface area contributed by atoms with E-state index in [1.165, 1.54) is 12.1 Å². The molecule has 0 atom stereocenters. The molecule has 0 amide bonds. The standard InChI is InChI=1S/C15H15BrFNO/c1-10-5-12(17)8-13(6-10)18-9-11-3-4-15(19-2)14(16)7-11/h3-8,18H,9H2,1-2H3. The van der Waals surface area contributed by atoms with Crippen molar-refractivity contribution in [2.24, 2.45) is 0 Å². The van der Waals surface area contributed by atoms with Gasteiger partial charge in [0.25, 0.3) is 0 Å². The summed E-state index contributed by atoms with van der Waals surface area (Å²) < 4.78 is 19.3. The molecule has 0 aliphatic carbocycles. The summed E-state index contributed by atoms with van der Waals surface area (Å²) in [7, 11) is 1.63. The fourth-order valence-electron chi connectivity index (χ4n) is 1.86. The lowest BCUT2D eigenvalue weighted by Gasteiger charge is -2.09. The maximum atomic E-state index is 13.3. The van der Waals surface area contributed by atoms with E-state index in [-0.39, 0.29) is 5.82 Å². The highest BCUT2D eigenvalue weighted by molar-refractivity contribution is 9.10. The molecule has 19 heavy (non-hydrogen) atoms. The molecule has 0 fully saturated rings. The Balaban J connectivity index is 2.08. The zero-order chi connectivity index (χ0) is 13.8. The van der Waals surface area contributed by atoms with Crippen LogP contribution >= 0.6 is 15.9 Å². The molecule has 2 aromatic rings. The summed E-state index contributed by atoms with van der Waals surface area (Å²) in [5.74, 6) is 0.573. The molecular formula is C15H15BrFNO. The second kappa shape index (κ2) is 6.06. The van der Waals surface area contributed by atoms with Crippen LogP contribution in [0, 0.1) is 12.7 Å². The molecule has 2 aromatic carbocycles. The summed E-state index contributed by atoms with van der Waals surface area (Å²) in [4.78, 5) is 0. The average molecular weight is 324 g/mol. The summed E-state index contributed by atoms with van der Waals surface area (Å²) in [6.07, 6.45) is 0. The molecule has 0 aliphatic rings. The van der Waals surface area contributed by atoms with Crippen molar-refractivity contribution in [3.8, 4) is 5.75 Å². The van der Waals surface area contributed by atoms with Crippen LogP contribution in [0.4, 0.5) is 10.1 Å². The highest BCUT2D eigenvalue weighted by atomic mass is 79.9. The van der Waals surface area contributed by atoms with Crippen LogP contribution in [0.1, 0.15) is 11.1 Å². The van der Waals surface area contributed by atoms with Crippen molar-refractivity contribution < 1.29 is 9.13 Å². The molecule has 2 rings (SSSR count). The van der Waals surface area contributed by atoms with E-state index in [1.807, 2.05) is 31.2 Å². The van der Waals surface area contributed by atoms with Gasteiger partial charge in [0.05, 0.1) is 11.6 Å². The molecule has 0 unspecified atom stereocenters. The lowest BCUT2D eigenvalue weighted by atomic mass is 10.2. The molecule has 1 N–H and O–H groups in total. The third-order valence-corrected chi connectivity index (χ3v) is 3.37. The van der Waals surface area contributed by atoms with Crippen LogP contribution in [-0.4, -0.2) is 7.11 Å². The Labute approximate surface area is 120 Å². The first-order valence-corrected chi connectivity index (χ1v) is 6.71. The Morgan fingerprint density at radius 3 is 2.63 bits per heavy atom. The Bertz CT molecular complexity index is 566. The lowest BCUT2D eigenvalue weighted by molar-refractivity contribution is 0.412. The van der Waals surface area contributed by atoms with Crippen LogP contribution in [0.25, 0.3) is 0 Å². The van der Waals surface area contributed by atoms with Crippen molar-refractivity contribution in [3.05, 3.63) is 57.8 Å². The van der Waals surface area contributed by atoms with E-state index in [4.69, 9.17) is 4.74 Å². The SMILES string of the molecule is COc1ccc(CNc2cc(C)cc(F)c2)cc1Br. The topological polar surface area (TPSA) is 21.3 Å². The Morgan fingerprint density at radius 2 is 2.00 bits per heavy atom. The predicted octanol–water partition coefficient (Wildman–Crippen LogP) is 4.52. The molecule has 0 heterocycles. The maximum Gasteiger partial charge on any atom is 0.133 e. The predicted molar refractivity (Wildman–Crippen MR) is 79.2 cm³/mol. The number of rotatable bonds is 4. The van der Waals surface area contributed by atoms with E-state index in [0.29, 0.717) is 6.54 Å². The number of anilines is 1. The third kappa shape index (κ3) is 3.70. The number of hydrogen-bond donors (Lipinski definition) is 1. The summed E-state index contributed by atoms with van der Waals surface area (Å²) in [5, 5.41) is 3.21. The van der Waals surface area contributed by atoms with Gasteiger partial charge in [-0.05, 0) is 64.3 Å². The van der Waals surface area contributed by atoms with Gasteiger partial charge in [-0.15, -0.1) is 0 Å². The summed E-state index contributed by atoms with van der Waals surface area (Å²) in [5.41, 5.74) is 2.78. The van der Waals surface area contributed by atoms with Gasteiger partial charge >= 0.3 is 0 Å². The van der Waals surface area contributed by atoms with E-state index in [9.17, 15) is 4.39 Å². The number of hydrogen-bond acceptors (Lipinski definition) is 2. The second-order valence-corrected chi connectivity index (χ2v) is 5.19. The molecule has 4 heteroatoms. The van der Waals surface area contributed by atoms with E-state index in [1.54, 1.807) is 7.11 Å². The number of aryl methyl sites for hydroxylation is 1. The molecule has 0 spiro atoms. The second-order valence-electron chi connectivity index (χ2n) is 4.34. The summed E-state index contributed by atoms with van der Waals surface area (Å²) >= 11 is 3.44. The molecule has 0 aliphatic heterocycles. The first-order valence-electron chi connectivity index (χ1n) is 5.92. The molecule has 100 valence electrons. The van der Waals surface area contributed by atoms with Crippen LogP contribution < -0.4 is 10.1 Å². The molecule has 0 bridgehead atoms. The van der Waals surface area contributed by atoms with Crippen molar-refractivity contribution in [2.45, 2.75) is 13.5 Å². The quantitative estimate of drug-likeness (QED) is 0.893. The smallest absolute Gasteiger partial charge is 0.133 e. The normalized spacial score (nSPS) is 10.3. The minimum atomic E-state index is -0.224. The van der Waals surface area contributed by atoms with Gasteiger partial charge in [-0.3, -0.25) is 0 Å². The number of benzene rings is 2. The van der Waals surface area contributed by atoms with Gasteiger partial charge in [0.1, 0.15) is 11.6 Å². The maximum absolute atomic E-state index is 13.3. The van der Waals surface area contributed by atoms with Crippen LogP contribution in [-0.2, 0) is 6.54 Å². The van der Waals surface area contributed by atoms with E-state index in [0.717, 1.165) is 27.0 Å². The van der Waals surface area contributed by atoms with Crippen molar-refractivity contribution in [1.29, 1.82) is 0 Å². The fourth-order valence-corrected chi connectivity index (χ4v) is 2.45. The van der Waals surface area contributed by atoms with E-state index < -0.39 is 0 Å². The first kappa shape index (κ1) is 13.9. The number of methoxy groups -OCH3 is 1. The molecule has 0 saturated carbocycles. The Morgan fingerprint density at radius 1 is 1.21 bits per heavy atom. The Kier molecular flexibility index (Phi) is 4.43. The first-order chi connectivity index (χ1) is 9.08. The van der Waals surface area contributed by atoms with Gasteiger partial charge in [0.2, 0.25) is 0 Å². The minimum Gasteiger partial charge on any atom is -0.496 e. The summed E-state index contributed by atoms with van der Waals surface area (Å²) in [6.45, 7) is 2.50. The van der Waals surface area contributed by atoms with Crippen LogP contribution in [0.15, 0.2) is 40.9 Å². The summed E-state index contributed by atoms with van der Waals surface area (Å²) in [6, 6.07) is 10.8. The van der Waals surface area contributed by atoms with Gasteiger partial charge in [0.15, 0.2) is 0 Å². The van der Waals surface area contributed by atoms with Gasteiger partial charge in [-0.2, -0.15) is 0 Å². The number of nitrogens with one attached hydrogen (secondary N) is 1. The lowest BCUT2D eigenvalue weighted by Crippen LogP contribution is -2.00. The van der Waals surface area contributed by atoms with Crippen LogP contribution in [0.2, 0.25) is 0 Å². The van der Waals surface area contributed by atoms with Gasteiger partial charge in [-0.1, -0.05) is 6.07 Å². The Hall–Kier alpha value is -1.55. The van der Waals surface area contributed by atoms with Gasteiger partial charge in [-0.25, -0.2) is 4.39 Å². The number of halogens is 2. The monoisotopic (exact) mass is 323 g/mol. The van der Waals surface area contributed by atoms with E-state index >= 15 is 0 Å². The average Bonchev–Trinajstić information content (AvgIpc) is 2.35. The van der Waals surface area contributed by atoms with Crippen LogP contribution in [0.5, 0.6) is 5.75 Å². The molecule has 2 nitrogen and oxygen atoms in total. The van der Waals surface area contributed by atoms with Gasteiger partial charge < -0.3 is 10.1 Å². The fraction of sp³-hybridized carbons (Fsp3) is 0.200. The zero-order valence-electron chi connectivity index (χ0n) is 10.8. The molecule has 0 radical (unpaired) electrons. The molecule has 0 saturated heterocycles. The minimum absolute atomic E-state index is 0.224. The van der Waals surface area contributed by atoms with E-state index in [2.05, 4.69) is 21.2 Å². The van der Waals surface area contributed by atoms with Crippen molar-refractivity contribution >= 4 is 21.6 Å². The van der Waals surface area contributed by atoms with Crippen molar-refractivity contribution in [3.63, 3.8) is 0 Å². The van der Waals surface area contributed by atoms with Crippen LogP contribution in [0.3, 0.4) is 0 Å². The molecule has 0 aromatic heterocycles. The highest BCUT2D eigenvalue weighted by Gasteiger charge is 2.02. The zero-order valence-corrected chi connectivity index (χ0v) is 12.4. The third-order valence-electron chi connectivity index (χ3n) is 2.75. The largest absolute Gasteiger partial charge is 0.496 e.